The predicted molar refractivity (Wildman–Crippen MR) is 127 cm³/mol. The van der Waals surface area contributed by atoms with Crippen LogP contribution in [-0.4, -0.2) is 65.2 Å². The van der Waals surface area contributed by atoms with Crippen LogP contribution in [0.5, 0.6) is 0 Å². The monoisotopic (exact) mass is 514 g/mol. The zero-order chi connectivity index (χ0) is 22.5. The zero-order valence-electron chi connectivity index (χ0n) is 18.4. The first-order valence-corrected chi connectivity index (χ1v) is 12.8. The molecule has 1 aromatic heterocycles. The third kappa shape index (κ3) is 5.05. The van der Waals surface area contributed by atoms with Gasteiger partial charge < -0.3 is 10.2 Å². The summed E-state index contributed by atoms with van der Waals surface area (Å²) in [7, 11) is -1.69. The number of nitrogens with one attached hydrogen (secondary N) is 1. The second-order valence-corrected chi connectivity index (χ2v) is 11.4. The third-order valence-corrected chi connectivity index (χ3v) is 9.02. The van der Waals surface area contributed by atoms with Gasteiger partial charge >= 0.3 is 0 Å². The Balaban J connectivity index is 0.00000259. The van der Waals surface area contributed by atoms with Gasteiger partial charge in [0.05, 0.1) is 16.4 Å². The van der Waals surface area contributed by atoms with Crippen LogP contribution < -0.4 is 5.32 Å². The van der Waals surface area contributed by atoms with E-state index in [1.54, 1.807) is 10.7 Å². The smallest absolute Gasteiger partial charge is 0.246 e. The molecule has 5 rings (SSSR count). The maximum atomic E-state index is 13.2. The predicted octanol–water partition coefficient (Wildman–Crippen LogP) is 2.40. The minimum absolute atomic E-state index is 0. The van der Waals surface area contributed by atoms with E-state index in [2.05, 4.69) is 20.5 Å². The fraction of sp³-hybridized carbons (Fsp3) is 0.571. The molecule has 180 valence electrons. The Kier molecular flexibility index (Phi) is 7.02. The molecular formula is C21H28Cl2N6O3S. The summed E-state index contributed by atoms with van der Waals surface area (Å²) in [4.78, 5) is 14.8. The fourth-order valence-corrected chi connectivity index (χ4v) is 6.71. The summed E-state index contributed by atoms with van der Waals surface area (Å²) in [5, 5.41) is 11.2. The van der Waals surface area contributed by atoms with Crippen LogP contribution in [0.2, 0.25) is 5.02 Å². The minimum atomic E-state index is -3.72. The van der Waals surface area contributed by atoms with Gasteiger partial charge in [0.15, 0.2) is 0 Å². The zero-order valence-corrected chi connectivity index (χ0v) is 20.8. The van der Waals surface area contributed by atoms with Crippen molar-refractivity contribution in [1.82, 2.24) is 24.2 Å². The van der Waals surface area contributed by atoms with Crippen molar-refractivity contribution < 1.29 is 13.2 Å². The highest BCUT2D eigenvalue weighted by atomic mass is 35.5. The van der Waals surface area contributed by atoms with Crippen LogP contribution in [0.1, 0.15) is 30.7 Å². The van der Waals surface area contributed by atoms with Gasteiger partial charge in [-0.2, -0.15) is 4.31 Å². The molecule has 2 aliphatic heterocycles. The summed E-state index contributed by atoms with van der Waals surface area (Å²) in [6.07, 6.45) is 4.09. The van der Waals surface area contributed by atoms with E-state index in [1.807, 2.05) is 7.05 Å². The lowest BCUT2D eigenvalue weighted by atomic mass is 10.0. The number of benzene rings is 1. The number of likely N-dealkylation sites (N-methyl/N-ethyl adjacent to an activating group) is 1. The van der Waals surface area contributed by atoms with Crippen molar-refractivity contribution in [2.45, 2.75) is 43.7 Å². The molecule has 2 fully saturated rings. The first-order valence-electron chi connectivity index (χ1n) is 11.0. The molecule has 1 aliphatic carbocycles. The lowest BCUT2D eigenvalue weighted by Gasteiger charge is -2.21. The van der Waals surface area contributed by atoms with Gasteiger partial charge in [-0.05, 0) is 56.3 Å². The van der Waals surface area contributed by atoms with Crippen molar-refractivity contribution in [3.8, 4) is 0 Å². The molecule has 1 atom stereocenters. The van der Waals surface area contributed by atoms with Gasteiger partial charge in [-0.25, -0.2) is 13.1 Å². The number of sulfonamides is 1. The van der Waals surface area contributed by atoms with Crippen LogP contribution >= 0.6 is 24.0 Å². The molecule has 9 nitrogen and oxygen atoms in total. The van der Waals surface area contributed by atoms with Crippen LogP contribution in [0.15, 0.2) is 23.1 Å². The van der Waals surface area contributed by atoms with E-state index in [1.165, 1.54) is 29.3 Å². The van der Waals surface area contributed by atoms with Gasteiger partial charge in [0.25, 0.3) is 0 Å². The summed E-state index contributed by atoms with van der Waals surface area (Å²) in [6, 6.07) is 4.58. The molecular weight excluding hydrogens is 487 g/mol. The first-order chi connectivity index (χ1) is 15.3. The topological polar surface area (TPSA) is 100 Å². The number of carbonyl (C=O) groups excluding carboxylic acids is 1. The molecule has 2 aromatic rings. The molecule has 0 bridgehead atoms. The van der Waals surface area contributed by atoms with Gasteiger partial charge in [-0.15, -0.1) is 17.5 Å². The van der Waals surface area contributed by atoms with E-state index in [9.17, 15) is 13.2 Å². The highest BCUT2D eigenvalue weighted by Gasteiger charge is 2.40. The highest BCUT2D eigenvalue weighted by molar-refractivity contribution is 7.89. The van der Waals surface area contributed by atoms with E-state index in [0.29, 0.717) is 37.2 Å². The Bertz CT molecular complexity index is 1150. The highest BCUT2D eigenvalue weighted by Crippen LogP contribution is 2.42. The number of carbonyl (C=O) groups is 1. The van der Waals surface area contributed by atoms with E-state index < -0.39 is 10.0 Å². The van der Waals surface area contributed by atoms with Gasteiger partial charge in [-0.1, -0.05) is 16.8 Å². The number of aromatic nitrogens is 3. The van der Waals surface area contributed by atoms with Crippen LogP contribution in [0.3, 0.4) is 0 Å². The third-order valence-electron chi connectivity index (χ3n) is 6.67. The van der Waals surface area contributed by atoms with Crippen molar-refractivity contribution in [3.05, 3.63) is 34.6 Å². The quantitative estimate of drug-likeness (QED) is 0.635. The van der Waals surface area contributed by atoms with E-state index in [0.717, 1.165) is 30.8 Å². The standard InChI is InChI=1S/C21H27ClN6O3S.ClH/c1-26-8-7-19-18(12-26)24-25-28(19)13-21(29)23-16-4-5-17(22)20(10-16)32(30,31)27-9-6-15(11-27)14-2-3-14;/h4-5,10,14-15H,2-3,6-9,11-13H2,1H3,(H,23,29);1H/t15-;/m0./s1. The molecule has 1 saturated carbocycles. The summed E-state index contributed by atoms with van der Waals surface area (Å²) >= 11 is 6.27. The van der Waals surface area contributed by atoms with Crippen molar-refractivity contribution in [2.24, 2.45) is 11.8 Å². The van der Waals surface area contributed by atoms with Crippen LogP contribution in [-0.2, 0) is 34.3 Å². The summed E-state index contributed by atoms with van der Waals surface area (Å²) in [5.41, 5.74) is 2.25. The number of nitrogens with zero attached hydrogens (tertiary/aromatic N) is 5. The molecule has 1 saturated heterocycles. The molecule has 0 radical (unpaired) electrons. The molecule has 1 amide bonds. The average molecular weight is 515 g/mol. The number of fused-ring (bicyclic) bond motifs is 1. The molecule has 1 N–H and O–H groups in total. The fourth-order valence-electron chi connectivity index (χ4n) is 4.70. The molecule has 33 heavy (non-hydrogen) atoms. The van der Waals surface area contributed by atoms with E-state index in [4.69, 9.17) is 11.6 Å². The molecule has 0 spiro atoms. The van der Waals surface area contributed by atoms with Crippen molar-refractivity contribution in [1.29, 1.82) is 0 Å². The van der Waals surface area contributed by atoms with Gasteiger partial charge in [0, 0.05) is 38.3 Å². The Hall–Kier alpha value is -1.72. The first kappa shape index (κ1) is 24.4. The number of halogens is 2. The van der Waals surface area contributed by atoms with Crippen LogP contribution in [0.25, 0.3) is 0 Å². The average Bonchev–Trinajstić information content (AvgIpc) is 3.34. The number of hydrogen-bond donors (Lipinski definition) is 1. The Morgan fingerprint density at radius 2 is 2.00 bits per heavy atom. The van der Waals surface area contributed by atoms with Crippen molar-refractivity contribution in [2.75, 3.05) is 32.0 Å². The summed E-state index contributed by atoms with van der Waals surface area (Å²) in [5.74, 6) is 0.816. The number of anilines is 1. The van der Waals surface area contributed by atoms with Gasteiger partial charge in [0.2, 0.25) is 15.9 Å². The maximum absolute atomic E-state index is 13.2. The molecule has 3 heterocycles. The SMILES string of the molecule is CN1CCc2c(nnn2CC(=O)Nc2ccc(Cl)c(S(=O)(=O)N3CC[C@H](C4CC4)C3)c2)C1.Cl. The van der Waals surface area contributed by atoms with E-state index in [-0.39, 0.29) is 34.8 Å². The molecule has 0 unspecified atom stereocenters. The Labute approximate surface area is 204 Å². The molecule has 12 heteroatoms. The van der Waals surface area contributed by atoms with E-state index >= 15 is 0 Å². The second kappa shape index (κ2) is 9.50. The Morgan fingerprint density at radius 3 is 2.76 bits per heavy atom. The Morgan fingerprint density at radius 1 is 1.21 bits per heavy atom. The molecule has 1 aromatic carbocycles. The lowest BCUT2D eigenvalue weighted by molar-refractivity contribution is -0.117. The lowest BCUT2D eigenvalue weighted by Crippen LogP contribution is -2.30. The van der Waals surface area contributed by atoms with Gasteiger partial charge in [0.1, 0.15) is 11.4 Å². The number of rotatable bonds is 6. The van der Waals surface area contributed by atoms with Crippen molar-refractivity contribution in [3.63, 3.8) is 0 Å². The maximum Gasteiger partial charge on any atom is 0.246 e. The van der Waals surface area contributed by atoms with Crippen molar-refractivity contribution >= 4 is 45.6 Å². The van der Waals surface area contributed by atoms with Crippen LogP contribution in [0, 0.1) is 11.8 Å². The summed E-state index contributed by atoms with van der Waals surface area (Å²) < 4.78 is 29.6. The normalized spacial score (nSPS) is 21.5. The largest absolute Gasteiger partial charge is 0.324 e. The minimum Gasteiger partial charge on any atom is -0.324 e. The second-order valence-electron chi connectivity index (χ2n) is 9.07. The number of amides is 1. The molecule has 3 aliphatic rings. The number of hydrogen-bond acceptors (Lipinski definition) is 6. The van der Waals surface area contributed by atoms with Gasteiger partial charge in [-0.3, -0.25) is 4.79 Å². The van der Waals surface area contributed by atoms with Crippen LogP contribution in [0.4, 0.5) is 5.69 Å². The summed E-state index contributed by atoms with van der Waals surface area (Å²) in [6.45, 7) is 2.69.